The fraction of sp³-hybridized carbons (Fsp3) is 0.241. The molecule has 0 radical (unpaired) electrons. The van der Waals surface area contributed by atoms with E-state index in [2.05, 4.69) is 0 Å². The molecule has 1 heterocycles. The Balaban J connectivity index is 1.97. The molecule has 1 aliphatic rings. The summed E-state index contributed by atoms with van der Waals surface area (Å²) < 4.78 is 5.52. The summed E-state index contributed by atoms with van der Waals surface area (Å²) in [6.07, 6.45) is 0. The molecule has 1 saturated heterocycles. The van der Waals surface area contributed by atoms with E-state index in [1.54, 1.807) is 43.5 Å². The Hall–Kier alpha value is -3.57. The van der Waals surface area contributed by atoms with Gasteiger partial charge in [0.15, 0.2) is 0 Å². The molecule has 5 nitrogen and oxygen atoms in total. The molecule has 0 aromatic heterocycles. The molecule has 1 aliphatic heterocycles. The van der Waals surface area contributed by atoms with Gasteiger partial charge >= 0.3 is 0 Å². The zero-order valence-electron chi connectivity index (χ0n) is 20.4. The van der Waals surface area contributed by atoms with Crippen LogP contribution in [0.2, 0.25) is 5.02 Å². The van der Waals surface area contributed by atoms with E-state index >= 15 is 0 Å². The quantitative estimate of drug-likeness (QED) is 0.255. The third-order valence-electron chi connectivity index (χ3n) is 6.17. The van der Waals surface area contributed by atoms with Crippen molar-refractivity contribution in [2.75, 3.05) is 12.0 Å². The number of methoxy groups -OCH3 is 1. The van der Waals surface area contributed by atoms with Gasteiger partial charge in [-0.05, 0) is 54.3 Å². The van der Waals surface area contributed by atoms with Crippen molar-refractivity contribution in [1.29, 1.82) is 0 Å². The summed E-state index contributed by atoms with van der Waals surface area (Å²) in [7, 11) is 1.60. The molecule has 1 fully saturated rings. The van der Waals surface area contributed by atoms with Gasteiger partial charge in [-0.15, -0.1) is 0 Å². The maximum absolute atomic E-state index is 13.4. The van der Waals surface area contributed by atoms with Crippen molar-refractivity contribution < 1.29 is 19.4 Å². The number of halogens is 1. The Bertz CT molecular complexity index is 1350. The van der Waals surface area contributed by atoms with Crippen molar-refractivity contribution in [2.24, 2.45) is 0 Å². The number of aryl methyl sites for hydroxylation is 1. The number of ether oxygens (including phenoxy) is 1. The highest BCUT2D eigenvalue weighted by atomic mass is 35.5. The van der Waals surface area contributed by atoms with Crippen molar-refractivity contribution in [2.45, 2.75) is 39.2 Å². The van der Waals surface area contributed by atoms with Crippen LogP contribution < -0.4 is 9.64 Å². The van der Waals surface area contributed by atoms with Gasteiger partial charge in [0.2, 0.25) is 0 Å². The van der Waals surface area contributed by atoms with Gasteiger partial charge in [-0.3, -0.25) is 14.5 Å². The Morgan fingerprint density at radius 1 is 1.00 bits per heavy atom. The number of anilines is 1. The zero-order chi connectivity index (χ0) is 25.5. The molecule has 0 spiro atoms. The van der Waals surface area contributed by atoms with Crippen LogP contribution in [0.4, 0.5) is 5.69 Å². The standard InChI is InChI=1S/C29H28ClNO4/c1-17-8-6-9-18(14-17)25-24(27(33)28(34)31(25)21-11-7-10-20(30)16-21)26(32)19-12-13-23(35-5)22(15-19)29(2,3)4/h6-16,25,32H,1-5H3/b26-24-. The van der Waals surface area contributed by atoms with Crippen molar-refractivity contribution in [3.63, 3.8) is 0 Å². The lowest BCUT2D eigenvalue weighted by atomic mass is 9.84. The first-order valence-corrected chi connectivity index (χ1v) is 11.7. The van der Waals surface area contributed by atoms with Gasteiger partial charge in [-0.1, -0.05) is 68.3 Å². The summed E-state index contributed by atoms with van der Waals surface area (Å²) in [5, 5.41) is 11.9. The number of aliphatic hydroxyl groups is 1. The van der Waals surface area contributed by atoms with E-state index < -0.39 is 17.7 Å². The van der Waals surface area contributed by atoms with E-state index in [1.165, 1.54) is 4.90 Å². The predicted molar refractivity (Wildman–Crippen MR) is 139 cm³/mol. The van der Waals surface area contributed by atoms with Crippen molar-refractivity contribution in [3.8, 4) is 5.75 Å². The molecule has 180 valence electrons. The van der Waals surface area contributed by atoms with Crippen LogP contribution in [0.1, 0.15) is 49.1 Å². The molecule has 1 amide bonds. The predicted octanol–water partition coefficient (Wildman–Crippen LogP) is 6.58. The highest BCUT2D eigenvalue weighted by molar-refractivity contribution is 6.51. The third kappa shape index (κ3) is 4.56. The molecule has 1 N–H and O–H groups in total. The number of Topliss-reactive ketones (excluding diaryl/α,β-unsaturated/α-hetero) is 1. The minimum Gasteiger partial charge on any atom is -0.507 e. The first-order valence-electron chi connectivity index (χ1n) is 11.3. The molecule has 0 bridgehead atoms. The van der Waals surface area contributed by atoms with Crippen molar-refractivity contribution >= 4 is 34.7 Å². The largest absolute Gasteiger partial charge is 0.507 e. The van der Waals surface area contributed by atoms with Crippen LogP contribution >= 0.6 is 11.6 Å². The van der Waals surface area contributed by atoms with E-state index in [0.717, 1.165) is 16.7 Å². The van der Waals surface area contributed by atoms with Crippen LogP contribution in [-0.2, 0) is 15.0 Å². The Labute approximate surface area is 210 Å². The number of benzene rings is 3. The zero-order valence-corrected chi connectivity index (χ0v) is 21.2. The molecule has 1 unspecified atom stereocenters. The number of carbonyl (C=O) groups excluding carboxylic acids is 2. The Morgan fingerprint density at radius 3 is 2.34 bits per heavy atom. The fourth-order valence-electron chi connectivity index (χ4n) is 4.48. The minimum absolute atomic E-state index is 0.0330. The topological polar surface area (TPSA) is 66.8 Å². The lowest BCUT2D eigenvalue weighted by Crippen LogP contribution is -2.29. The van der Waals surface area contributed by atoms with Crippen LogP contribution in [0, 0.1) is 6.92 Å². The summed E-state index contributed by atoms with van der Waals surface area (Å²) in [4.78, 5) is 28.1. The summed E-state index contributed by atoms with van der Waals surface area (Å²) in [5.41, 5.74) is 3.25. The van der Waals surface area contributed by atoms with E-state index in [-0.39, 0.29) is 16.7 Å². The molecule has 6 heteroatoms. The molecule has 3 aromatic rings. The minimum atomic E-state index is -0.812. The van der Waals surface area contributed by atoms with Gasteiger partial charge < -0.3 is 9.84 Å². The highest BCUT2D eigenvalue weighted by Crippen LogP contribution is 2.43. The molecule has 4 rings (SSSR count). The Morgan fingerprint density at radius 2 is 1.71 bits per heavy atom. The van der Waals surface area contributed by atoms with Gasteiger partial charge in [0.25, 0.3) is 11.7 Å². The summed E-state index contributed by atoms with van der Waals surface area (Å²) in [6, 6.07) is 18.8. The number of nitrogens with zero attached hydrogens (tertiary/aromatic N) is 1. The average Bonchev–Trinajstić information content (AvgIpc) is 3.08. The fourth-order valence-corrected chi connectivity index (χ4v) is 4.66. The smallest absolute Gasteiger partial charge is 0.300 e. The number of rotatable bonds is 4. The summed E-state index contributed by atoms with van der Waals surface area (Å²) in [6.45, 7) is 8.06. The molecule has 1 atom stereocenters. The van der Waals surface area contributed by atoms with Crippen molar-refractivity contribution in [1.82, 2.24) is 0 Å². The second-order valence-corrected chi connectivity index (χ2v) is 10.2. The van der Waals surface area contributed by atoms with E-state index in [1.807, 2.05) is 58.0 Å². The number of aliphatic hydroxyl groups excluding tert-OH is 1. The maximum atomic E-state index is 13.4. The Kier molecular flexibility index (Phi) is 6.48. The summed E-state index contributed by atoms with van der Waals surface area (Å²) in [5.74, 6) is -1.01. The van der Waals surface area contributed by atoms with Gasteiger partial charge in [-0.2, -0.15) is 0 Å². The van der Waals surface area contributed by atoms with Crippen molar-refractivity contribution in [3.05, 3.63) is 99.6 Å². The van der Waals surface area contributed by atoms with Gasteiger partial charge in [0.05, 0.1) is 18.7 Å². The third-order valence-corrected chi connectivity index (χ3v) is 6.40. The first kappa shape index (κ1) is 24.6. The van der Waals surface area contributed by atoms with Gasteiger partial charge in [-0.25, -0.2) is 0 Å². The molecule has 3 aromatic carbocycles. The maximum Gasteiger partial charge on any atom is 0.300 e. The number of hydrogen-bond donors (Lipinski definition) is 1. The van der Waals surface area contributed by atoms with E-state index in [9.17, 15) is 14.7 Å². The van der Waals surface area contributed by atoms with Crippen LogP contribution in [0.25, 0.3) is 5.76 Å². The number of ketones is 1. The van der Waals surface area contributed by atoms with E-state index in [4.69, 9.17) is 16.3 Å². The molecule has 35 heavy (non-hydrogen) atoms. The monoisotopic (exact) mass is 489 g/mol. The van der Waals surface area contributed by atoms with Crippen LogP contribution in [-0.4, -0.2) is 23.9 Å². The average molecular weight is 490 g/mol. The number of amides is 1. The number of carbonyl (C=O) groups is 2. The molecular formula is C29H28ClNO4. The normalized spacial score (nSPS) is 17.7. The van der Waals surface area contributed by atoms with Crippen LogP contribution in [0.5, 0.6) is 5.75 Å². The summed E-state index contributed by atoms with van der Waals surface area (Å²) >= 11 is 6.21. The van der Waals surface area contributed by atoms with E-state index in [0.29, 0.717) is 22.0 Å². The SMILES string of the molecule is COc1ccc(/C(O)=C2/C(=O)C(=O)N(c3cccc(Cl)c3)C2c2cccc(C)c2)cc1C(C)(C)C. The highest BCUT2D eigenvalue weighted by Gasteiger charge is 2.47. The van der Waals surface area contributed by atoms with Crippen LogP contribution in [0.15, 0.2) is 72.3 Å². The lowest BCUT2D eigenvalue weighted by Gasteiger charge is -2.26. The lowest BCUT2D eigenvalue weighted by molar-refractivity contribution is -0.132. The molecule has 0 aliphatic carbocycles. The molecular weight excluding hydrogens is 462 g/mol. The first-order chi connectivity index (χ1) is 16.5. The van der Waals surface area contributed by atoms with Gasteiger partial charge in [0, 0.05) is 21.8 Å². The second kappa shape index (κ2) is 9.23. The van der Waals surface area contributed by atoms with Crippen LogP contribution in [0.3, 0.4) is 0 Å². The second-order valence-electron chi connectivity index (χ2n) is 9.73. The van der Waals surface area contributed by atoms with Gasteiger partial charge in [0.1, 0.15) is 11.5 Å². The number of hydrogen-bond acceptors (Lipinski definition) is 4. The molecule has 0 saturated carbocycles.